The van der Waals surface area contributed by atoms with Crippen LogP contribution in [0.5, 0.6) is 0 Å². The van der Waals surface area contributed by atoms with Crippen LogP contribution in [0.3, 0.4) is 0 Å². The molecule has 0 amide bonds. The van der Waals surface area contributed by atoms with Crippen molar-refractivity contribution in [2.45, 2.75) is 50.4 Å². The van der Waals surface area contributed by atoms with Gasteiger partial charge in [-0.3, -0.25) is 4.21 Å². The first-order valence-electron chi connectivity index (χ1n) is 9.86. The Balaban J connectivity index is 1.62. The van der Waals surface area contributed by atoms with Gasteiger partial charge in [0.1, 0.15) is 0 Å². The lowest BCUT2D eigenvalue weighted by Crippen LogP contribution is -2.31. The highest BCUT2D eigenvalue weighted by atomic mass is 32.2. The van der Waals surface area contributed by atoms with E-state index in [0.29, 0.717) is 10.9 Å². The Hall–Kier alpha value is -2.14. The number of para-hydroxylation sites is 1. The number of imidazole rings is 1. The summed E-state index contributed by atoms with van der Waals surface area (Å²) in [6.07, 6.45) is 4.70. The molecule has 1 N–H and O–H groups in total. The molecule has 0 spiro atoms. The molecule has 0 saturated heterocycles. The molecule has 1 aromatic heterocycles. The average molecular weight is 382 g/mol. The molecule has 1 atom stereocenters. The van der Waals surface area contributed by atoms with E-state index in [0.717, 1.165) is 30.5 Å². The Labute approximate surface area is 163 Å². The van der Waals surface area contributed by atoms with Crippen molar-refractivity contribution in [1.29, 1.82) is 0 Å². The number of rotatable bonds is 6. The lowest BCUT2D eigenvalue weighted by Gasteiger charge is -2.33. The molecular formula is C22H27N3OS. The predicted molar refractivity (Wildman–Crippen MR) is 113 cm³/mol. The first kappa shape index (κ1) is 18.2. The van der Waals surface area contributed by atoms with Crippen LogP contribution in [-0.4, -0.2) is 27.3 Å². The van der Waals surface area contributed by atoms with Crippen molar-refractivity contribution < 1.29 is 4.21 Å². The highest BCUT2D eigenvalue weighted by Crippen LogP contribution is 2.32. The van der Waals surface area contributed by atoms with Crippen molar-refractivity contribution in [2.24, 2.45) is 0 Å². The van der Waals surface area contributed by atoms with Gasteiger partial charge in [-0.05, 0) is 55.0 Å². The number of aromatic nitrogens is 2. The lowest BCUT2D eigenvalue weighted by molar-refractivity contribution is 0.655. The molecule has 1 aliphatic rings. The molecule has 1 aliphatic heterocycles. The summed E-state index contributed by atoms with van der Waals surface area (Å²) >= 11 is 0. The number of H-pyrrole nitrogens is 1. The monoisotopic (exact) mass is 381 g/mol. The largest absolute Gasteiger partial charge is 0.371 e. The first-order valence-corrected chi connectivity index (χ1v) is 11.2. The summed E-state index contributed by atoms with van der Waals surface area (Å²) in [5, 5.41) is 0.573. The summed E-state index contributed by atoms with van der Waals surface area (Å²) in [4.78, 5) is 10.3. The third-order valence-corrected chi connectivity index (χ3v) is 6.49. The van der Waals surface area contributed by atoms with Crippen LogP contribution in [0.4, 0.5) is 5.69 Å². The number of fused-ring (bicyclic) bond motifs is 2. The van der Waals surface area contributed by atoms with Crippen LogP contribution in [-0.2, 0) is 23.0 Å². The maximum absolute atomic E-state index is 13.1. The van der Waals surface area contributed by atoms with Gasteiger partial charge in [0.2, 0.25) is 0 Å². The predicted octanol–water partition coefficient (Wildman–Crippen LogP) is 4.73. The van der Waals surface area contributed by atoms with Crippen LogP contribution in [0.15, 0.2) is 41.6 Å². The summed E-state index contributed by atoms with van der Waals surface area (Å²) in [6.45, 7) is 6.46. The molecule has 0 aliphatic carbocycles. The summed E-state index contributed by atoms with van der Waals surface area (Å²) in [6, 6.07) is 12.5. The summed E-state index contributed by atoms with van der Waals surface area (Å²) < 4.78 is 13.1. The second-order valence-corrected chi connectivity index (χ2v) is 8.79. The molecule has 4 rings (SSSR count). The van der Waals surface area contributed by atoms with E-state index in [2.05, 4.69) is 53.0 Å². The van der Waals surface area contributed by atoms with Crippen molar-refractivity contribution in [1.82, 2.24) is 9.97 Å². The van der Waals surface area contributed by atoms with E-state index in [4.69, 9.17) is 0 Å². The Bertz CT molecular complexity index is 979. The minimum Gasteiger partial charge on any atom is -0.371 e. The molecule has 1 unspecified atom stereocenters. The fraction of sp³-hybridized carbons (Fsp3) is 0.409. The topological polar surface area (TPSA) is 49.0 Å². The van der Waals surface area contributed by atoms with Gasteiger partial charge in [-0.15, -0.1) is 0 Å². The normalized spacial score (nSPS) is 15.1. The molecule has 0 saturated carbocycles. The number of benzene rings is 2. The van der Waals surface area contributed by atoms with Crippen LogP contribution in [0.25, 0.3) is 11.0 Å². The molecule has 4 nitrogen and oxygen atoms in total. The van der Waals surface area contributed by atoms with Gasteiger partial charge in [-0.1, -0.05) is 37.6 Å². The van der Waals surface area contributed by atoms with Crippen LogP contribution >= 0.6 is 0 Å². The minimum absolute atomic E-state index is 0.505. The lowest BCUT2D eigenvalue weighted by atomic mass is 9.98. The van der Waals surface area contributed by atoms with Crippen molar-refractivity contribution in [3.63, 3.8) is 0 Å². The minimum atomic E-state index is -1.19. The molecule has 0 fully saturated rings. The summed E-state index contributed by atoms with van der Waals surface area (Å²) in [5.74, 6) is 0.505. The fourth-order valence-corrected chi connectivity index (χ4v) is 5.01. The summed E-state index contributed by atoms with van der Waals surface area (Å²) in [7, 11) is -1.19. The van der Waals surface area contributed by atoms with E-state index >= 15 is 0 Å². The quantitative estimate of drug-likeness (QED) is 0.671. The van der Waals surface area contributed by atoms with Crippen molar-refractivity contribution in [2.75, 3.05) is 18.0 Å². The molecule has 0 radical (unpaired) electrons. The van der Waals surface area contributed by atoms with E-state index in [1.54, 1.807) is 0 Å². The van der Waals surface area contributed by atoms with Gasteiger partial charge in [0.25, 0.3) is 0 Å². The van der Waals surface area contributed by atoms with Crippen LogP contribution in [0.1, 0.15) is 42.9 Å². The number of aryl methyl sites for hydroxylation is 2. The molecule has 0 bridgehead atoms. The van der Waals surface area contributed by atoms with Crippen LogP contribution in [0.2, 0.25) is 0 Å². The Kier molecular flexibility index (Phi) is 5.30. The molecule has 2 aromatic carbocycles. The number of hydrogen-bond acceptors (Lipinski definition) is 3. The van der Waals surface area contributed by atoms with Crippen molar-refractivity contribution in [3.05, 3.63) is 53.1 Å². The van der Waals surface area contributed by atoms with Crippen LogP contribution < -0.4 is 4.90 Å². The molecule has 2 heterocycles. The first-order chi connectivity index (χ1) is 13.2. The SMILES string of the molecule is CCCCN1CCCc2cccc(CS(=O)c3nc4ccc(C)cc4[nH]3)c21. The van der Waals surface area contributed by atoms with Gasteiger partial charge in [0.05, 0.1) is 27.6 Å². The average Bonchev–Trinajstić information content (AvgIpc) is 3.09. The smallest absolute Gasteiger partial charge is 0.197 e. The number of unbranched alkanes of at least 4 members (excludes halogenated alkanes) is 1. The van der Waals surface area contributed by atoms with Gasteiger partial charge in [0, 0.05) is 18.8 Å². The number of nitrogens with one attached hydrogen (secondary N) is 1. The molecule has 5 heteroatoms. The van der Waals surface area contributed by atoms with Crippen molar-refractivity contribution in [3.8, 4) is 0 Å². The van der Waals surface area contributed by atoms with Gasteiger partial charge in [-0.2, -0.15) is 0 Å². The highest BCUT2D eigenvalue weighted by Gasteiger charge is 2.21. The van der Waals surface area contributed by atoms with Gasteiger partial charge in [-0.25, -0.2) is 4.98 Å². The maximum atomic E-state index is 13.1. The second-order valence-electron chi connectivity index (χ2n) is 7.42. The molecule has 27 heavy (non-hydrogen) atoms. The molecule has 142 valence electrons. The standard InChI is InChI=1S/C22H27N3OS/c1-3-4-12-25-13-6-9-17-7-5-8-18(21(17)25)15-27(26)22-23-19-11-10-16(2)14-20(19)24-22/h5,7-8,10-11,14H,3-4,6,9,12-13,15H2,1-2H3,(H,23,24). The highest BCUT2D eigenvalue weighted by molar-refractivity contribution is 7.84. The third-order valence-electron chi connectivity index (χ3n) is 5.29. The number of nitrogens with zero attached hydrogens (tertiary/aromatic N) is 2. The summed E-state index contributed by atoms with van der Waals surface area (Å²) in [5.41, 5.74) is 6.90. The molecular weight excluding hydrogens is 354 g/mol. The van der Waals surface area contributed by atoms with E-state index in [1.165, 1.54) is 41.6 Å². The Morgan fingerprint density at radius 3 is 3.00 bits per heavy atom. The molecule has 3 aromatic rings. The van der Waals surface area contributed by atoms with Crippen molar-refractivity contribution >= 4 is 27.5 Å². The number of hydrogen-bond donors (Lipinski definition) is 1. The van der Waals surface area contributed by atoms with Crippen LogP contribution in [0, 0.1) is 6.92 Å². The Morgan fingerprint density at radius 2 is 2.15 bits per heavy atom. The zero-order chi connectivity index (χ0) is 18.8. The zero-order valence-electron chi connectivity index (χ0n) is 16.1. The fourth-order valence-electron chi connectivity index (χ4n) is 3.93. The number of anilines is 1. The van der Waals surface area contributed by atoms with E-state index in [9.17, 15) is 4.21 Å². The number of aromatic amines is 1. The maximum Gasteiger partial charge on any atom is 0.197 e. The van der Waals surface area contributed by atoms with E-state index in [1.807, 2.05) is 12.1 Å². The van der Waals surface area contributed by atoms with Gasteiger partial charge >= 0.3 is 0 Å². The third kappa shape index (κ3) is 3.79. The van der Waals surface area contributed by atoms with Gasteiger partial charge < -0.3 is 9.88 Å². The second kappa shape index (κ2) is 7.85. The Morgan fingerprint density at radius 1 is 1.26 bits per heavy atom. The van der Waals surface area contributed by atoms with Gasteiger partial charge in [0.15, 0.2) is 5.16 Å². The van der Waals surface area contributed by atoms with E-state index in [-0.39, 0.29) is 0 Å². The van der Waals surface area contributed by atoms with E-state index < -0.39 is 10.8 Å². The zero-order valence-corrected chi connectivity index (χ0v) is 16.9.